The van der Waals surface area contributed by atoms with Crippen LogP contribution in [-0.2, 0) is 6.54 Å². The zero-order chi connectivity index (χ0) is 13.9. The number of benzene rings is 1. The molecular formula is C15H17N3O2. The van der Waals surface area contributed by atoms with Gasteiger partial charge in [-0.25, -0.2) is 0 Å². The molecule has 2 heterocycles. The summed E-state index contributed by atoms with van der Waals surface area (Å²) in [6.45, 7) is 2.07. The predicted molar refractivity (Wildman–Crippen MR) is 75.3 cm³/mol. The van der Waals surface area contributed by atoms with Crippen LogP contribution in [0.15, 0.2) is 36.4 Å². The van der Waals surface area contributed by atoms with Crippen molar-refractivity contribution in [2.45, 2.75) is 13.0 Å². The molecule has 104 valence electrons. The number of amides is 1. The topological polar surface area (TPSA) is 58.4 Å². The predicted octanol–water partition coefficient (Wildman–Crippen LogP) is 1.39. The Morgan fingerprint density at radius 2 is 2.00 bits per heavy atom. The van der Waals surface area contributed by atoms with Gasteiger partial charge in [0.2, 0.25) is 0 Å². The summed E-state index contributed by atoms with van der Waals surface area (Å²) >= 11 is 0. The van der Waals surface area contributed by atoms with Crippen molar-refractivity contribution in [3.63, 3.8) is 0 Å². The summed E-state index contributed by atoms with van der Waals surface area (Å²) in [6.07, 6.45) is 0.616. The van der Waals surface area contributed by atoms with Gasteiger partial charge in [-0.05, 0) is 12.5 Å². The molecule has 1 aromatic carbocycles. The lowest BCUT2D eigenvalue weighted by Gasteiger charge is -2.27. The Labute approximate surface area is 117 Å². The van der Waals surface area contributed by atoms with Gasteiger partial charge in [0.1, 0.15) is 5.69 Å². The van der Waals surface area contributed by atoms with Crippen LogP contribution in [0.2, 0.25) is 0 Å². The van der Waals surface area contributed by atoms with Crippen molar-refractivity contribution < 1.29 is 9.90 Å². The first-order chi connectivity index (χ1) is 9.79. The maximum atomic E-state index is 12.4. The highest BCUT2D eigenvalue weighted by atomic mass is 16.3. The highest BCUT2D eigenvalue weighted by molar-refractivity contribution is 5.94. The summed E-state index contributed by atoms with van der Waals surface area (Å²) in [5.41, 5.74) is 2.48. The molecule has 5 nitrogen and oxygen atoms in total. The highest BCUT2D eigenvalue weighted by Crippen LogP contribution is 2.21. The maximum absolute atomic E-state index is 12.4. The first-order valence-electron chi connectivity index (χ1n) is 6.83. The SMILES string of the molecule is O=C1c2cc(-c3ccccc3)nn2CCN1CCCO. The minimum atomic E-state index is -0.000573. The lowest BCUT2D eigenvalue weighted by Crippen LogP contribution is -2.41. The third-order valence-corrected chi connectivity index (χ3v) is 3.52. The van der Waals surface area contributed by atoms with Gasteiger partial charge >= 0.3 is 0 Å². The van der Waals surface area contributed by atoms with Crippen molar-refractivity contribution in [3.8, 4) is 11.3 Å². The fraction of sp³-hybridized carbons (Fsp3) is 0.333. The molecule has 0 radical (unpaired) electrons. The number of nitrogens with zero attached hydrogens (tertiary/aromatic N) is 3. The smallest absolute Gasteiger partial charge is 0.272 e. The lowest BCUT2D eigenvalue weighted by molar-refractivity contribution is 0.0686. The van der Waals surface area contributed by atoms with Crippen LogP contribution in [0, 0.1) is 0 Å². The average Bonchev–Trinajstić information content (AvgIpc) is 2.93. The molecule has 0 saturated carbocycles. The van der Waals surface area contributed by atoms with Crippen molar-refractivity contribution in [1.82, 2.24) is 14.7 Å². The Bertz CT molecular complexity index is 607. The molecule has 3 rings (SSSR count). The van der Waals surface area contributed by atoms with Gasteiger partial charge in [0.15, 0.2) is 0 Å². The molecule has 20 heavy (non-hydrogen) atoms. The molecule has 1 N–H and O–H groups in total. The van der Waals surface area contributed by atoms with E-state index in [1.807, 2.05) is 36.4 Å². The van der Waals surface area contributed by atoms with E-state index in [1.165, 1.54) is 0 Å². The summed E-state index contributed by atoms with van der Waals surface area (Å²) in [5.74, 6) is -0.000573. The third kappa shape index (κ3) is 2.32. The summed E-state index contributed by atoms with van der Waals surface area (Å²) in [5, 5.41) is 13.4. The Hall–Kier alpha value is -2.14. The van der Waals surface area contributed by atoms with Crippen LogP contribution in [-0.4, -0.2) is 45.4 Å². The molecule has 0 fully saturated rings. The molecule has 0 bridgehead atoms. The normalized spacial score (nSPS) is 14.4. The second-order valence-corrected chi connectivity index (χ2v) is 4.87. The van der Waals surface area contributed by atoms with Crippen molar-refractivity contribution in [1.29, 1.82) is 0 Å². The van der Waals surface area contributed by atoms with Gasteiger partial charge in [-0.15, -0.1) is 0 Å². The van der Waals surface area contributed by atoms with E-state index in [0.29, 0.717) is 31.7 Å². The second-order valence-electron chi connectivity index (χ2n) is 4.87. The fourth-order valence-electron chi connectivity index (χ4n) is 2.46. The molecule has 1 aromatic heterocycles. The standard InChI is InChI=1S/C15H17N3O2/c19-10-4-7-17-8-9-18-14(15(17)20)11-13(16-18)12-5-2-1-3-6-12/h1-3,5-6,11,19H,4,7-10H2. The fourth-order valence-corrected chi connectivity index (χ4v) is 2.46. The van der Waals surface area contributed by atoms with Gasteiger partial charge in [0.25, 0.3) is 5.91 Å². The van der Waals surface area contributed by atoms with Crippen LogP contribution in [0.25, 0.3) is 11.3 Å². The molecule has 0 unspecified atom stereocenters. The van der Waals surface area contributed by atoms with Crippen LogP contribution in [0.3, 0.4) is 0 Å². The number of rotatable bonds is 4. The zero-order valence-corrected chi connectivity index (χ0v) is 11.2. The van der Waals surface area contributed by atoms with Crippen LogP contribution in [0.1, 0.15) is 16.9 Å². The first-order valence-corrected chi connectivity index (χ1v) is 6.83. The van der Waals surface area contributed by atoms with Crippen molar-refractivity contribution in [2.75, 3.05) is 19.7 Å². The Kier molecular flexibility index (Phi) is 3.52. The van der Waals surface area contributed by atoms with E-state index in [4.69, 9.17) is 5.11 Å². The van der Waals surface area contributed by atoms with E-state index >= 15 is 0 Å². The molecular weight excluding hydrogens is 254 g/mol. The van der Waals surface area contributed by atoms with Gasteiger partial charge in [-0.3, -0.25) is 9.48 Å². The number of aliphatic hydroxyl groups excluding tert-OH is 1. The molecule has 0 atom stereocenters. The number of fused-ring (bicyclic) bond motifs is 1. The quantitative estimate of drug-likeness (QED) is 0.914. The number of hydrogen-bond acceptors (Lipinski definition) is 3. The maximum Gasteiger partial charge on any atom is 0.272 e. The van der Waals surface area contributed by atoms with E-state index < -0.39 is 0 Å². The minimum absolute atomic E-state index is 0.000573. The molecule has 1 aliphatic heterocycles. The molecule has 1 aliphatic rings. The summed E-state index contributed by atoms with van der Waals surface area (Å²) < 4.78 is 1.78. The minimum Gasteiger partial charge on any atom is -0.396 e. The first kappa shape index (κ1) is 12.9. The van der Waals surface area contributed by atoms with Crippen molar-refractivity contribution >= 4 is 5.91 Å². The van der Waals surface area contributed by atoms with E-state index in [0.717, 1.165) is 11.3 Å². The number of aromatic nitrogens is 2. The Balaban J connectivity index is 1.87. The number of hydrogen-bond donors (Lipinski definition) is 1. The molecule has 2 aromatic rings. The highest BCUT2D eigenvalue weighted by Gasteiger charge is 2.26. The molecule has 1 amide bonds. The van der Waals surface area contributed by atoms with E-state index in [2.05, 4.69) is 5.10 Å². The lowest BCUT2D eigenvalue weighted by atomic mass is 10.1. The van der Waals surface area contributed by atoms with Gasteiger partial charge in [0, 0.05) is 25.3 Å². The molecule has 0 aliphatic carbocycles. The van der Waals surface area contributed by atoms with Gasteiger partial charge in [-0.2, -0.15) is 5.10 Å². The number of carbonyl (C=O) groups excluding carboxylic acids is 1. The summed E-state index contributed by atoms with van der Waals surface area (Å²) in [6, 6.07) is 11.7. The van der Waals surface area contributed by atoms with Gasteiger partial charge < -0.3 is 10.0 Å². The van der Waals surface area contributed by atoms with Crippen LogP contribution in [0.4, 0.5) is 0 Å². The van der Waals surface area contributed by atoms with Gasteiger partial charge in [0.05, 0.1) is 12.2 Å². The van der Waals surface area contributed by atoms with E-state index in [1.54, 1.807) is 9.58 Å². The average molecular weight is 271 g/mol. The zero-order valence-electron chi connectivity index (χ0n) is 11.2. The molecule has 5 heteroatoms. The number of aliphatic hydroxyl groups is 1. The monoisotopic (exact) mass is 271 g/mol. The largest absolute Gasteiger partial charge is 0.396 e. The summed E-state index contributed by atoms with van der Waals surface area (Å²) in [4.78, 5) is 14.1. The third-order valence-electron chi connectivity index (χ3n) is 3.52. The van der Waals surface area contributed by atoms with Crippen LogP contribution in [0.5, 0.6) is 0 Å². The van der Waals surface area contributed by atoms with Crippen molar-refractivity contribution in [3.05, 3.63) is 42.1 Å². The van der Waals surface area contributed by atoms with Gasteiger partial charge in [-0.1, -0.05) is 30.3 Å². The molecule has 0 spiro atoms. The van der Waals surface area contributed by atoms with E-state index in [-0.39, 0.29) is 12.5 Å². The van der Waals surface area contributed by atoms with Crippen molar-refractivity contribution in [2.24, 2.45) is 0 Å². The second kappa shape index (κ2) is 5.46. The van der Waals surface area contributed by atoms with Crippen LogP contribution >= 0.6 is 0 Å². The summed E-state index contributed by atoms with van der Waals surface area (Å²) in [7, 11) is 0. The Morgan fingerprint density at radius 3 is 2.75 bits per heavy atom. The van der Waals surface area contributed by atoms with Crippen LogP contribution < -0.4 is 0 Å². The Morgan fingerprint density at radius 1 is 1.20 bits per heavy atom. The van der Waals surface area contributed by atoms with E-state index in [9.17, 15) is 4.79 Å². The number of carbonyl (C=O) groups is 1. The molecule has 0 saturated heterocycles.